The first kappa shape index (κ1) is 27.1. The van der Waals surface area contributed by atoms with E-state index in [2.05, 4.69) is 128 Å². The van der Waals surface area contributed by atoms with Gasteiger partial charge in [0.15, 0.2) is 11.4 Å². The third-order valence-corrected chi connectivity index (χ3v) is 11.3. The number of fused-ring (bicyclic) bond motifs is 13. The van der Waals surface area contributed by atoms with Gasteiger partial charge in [-0.1, -0.05) is 60.7 Å². The van der Waals surface area contributed by atoms with Crippen molar-refractivity contribution in [3.8, 4) is 11.4 Å². The summed E-state index contributed by atoms with van der Waals surface area (Å²) in [7, 11) is 0. The molecular weight excluding hydrogens is 633 g/mol. The van der Waals surface area contributed by atoms with E-state index in [1.807, 2.05) is 35.6 Å². The molecule has 0 bridgehead atoms. The van der Waals surface area contributed by atoms with Gasteiger partial charge in [0.05, 0.1) is 39.9 Å². The van der Waals surface area contributed by atoms with Gasteiger partial charge in [0.25, 0.3) is 0 Å². The van der Waals surface area contributed by atoms with Crippen LogP contribution in [0.1, 0.15) is 0 Å². The smallest absolute Gasteiger partial charge is 0.188 e. The molecule has 0 fully saturated rings. The third-order valence-electron chi connectivity index (χ3n) is 10.1. The van der Waals surface area contributed by atoms with Gasteiger partial charge in [-0.15, -0.1) is 11.3 Å². The van der Waals surface area contributed by atoms with Crippen LogP contribution in [0.5, 0.6) is 0 Å². The summed E-state index contributed by atoms with van der Waals surface area (Å²) in [6.07, 6.45) is 0. The molecule has 0 N–H and O–H groups in total. The lowest BCUT2D eigenvalue weighted by molar-refractivity contribution is 0.669. The van der Waals surface area contributed by atoms with Gasteiger partial charge in [-0.05, 0) is 83.6 Å². The van der Waals surface area contributed by atoms with Crippen LogP contribution >= 0.6 is 11.3 Å². The molecular formula is C44H22N4OS. The van der Waals surface area contributed by atoms with Crippen molar-refractivity contribution in [2.75, 3.05) is 0 Å². The lowest BCUT2D eigenvalue weighted by Gasteiger charge is -2.09. The van der Waals surface area contributed by atoms with Crippen LogP contribution in [0.4, 0.5) is 11.4 Å². The standard InChI is InChI=1S/C44H22N4OS/c1-45-25-11-17-38-33(21-25)29-7-3-5-9-37(29)47(38)27-13-19-40-35(23-27)36-24-28(14-20-41(36)49-40)48-39-18-12-26(46-2)22-34(39)31-15-16-32-30-8-4-6-10-42(30)50-44(32)43(31)48/h3-24H. The fourth-order valence-electron chi connectivity index (χ4n) is 7.95. The fraction of sp³-hybridized carbons (Fsp3) is 0. The monoisotopic (exact) mass is 654 g/mol. The zero-order valence-electron chi connectivity index (χ0n) is 26.3. The summed E-state index contributed by atoms with van der Waals surface area (Å²) < 4.78 is 13.6. The van der Waals surface area contributed by atoms with Crippen LogP contribution in [0.3, 0.4) is 0 Å². The summed E-state index contributed by atoms with van der Waals surface area (Å²) >= 11 is 1.82. The molecule has 5 nitrogen and oxygen atoms in total. The summed E-state index contributed by atoms with van der Waals surface area (Å²) in [5.74, 6) is 0. The van der Waals surface area contributed by atoms with Crippen molar-refractivity contribution in [2.45, 2.75) is 0 Å². The highest BCUT2D eigenvalue weighted by Gasteiger charge is 2.20. The van der Waals surface area contributed by atoms with Gasteiger partial charge < -0.3 is 13.6 Å². The first-order valence-electron chi connectivity index (χ1n) is 16.3. The second-order valence-electron chi connectivity index (χ2n) is 12.7. The first-order chi connectivity index (χ1) is 24.7. The third kappa shape index (κ3) is 3.58. The van der Waals surface area contributed by atoms with E-state index >= 15 is 0 Å². The van der Waals surface area contributed by atoms with Gasteiger partial charge >= 0.3 is 0 Å². The minimum Gasteiger partial charge on any atom is -0.456 e. The number of para-hydroxylation sites is 1. The maximum atomic E-state index is 7.72. The zero-order chi connectivity index (χ0) is 33.1. The molecule has 0 saturated carbocycles. The molecule has 0 aliphatic carbocycles. The number of benzene rings is 7. The lowest BCUT2D eigenvalue weighted by atomic mass is 10.1. The fourth-order valence-corrected chi connectivity index (χ4v) is 9.19. The van der Waals surface area contributed by atoms with Gasteiger partial charge in [0.1, 0.15) is 11.2 Å². The van der Waals surface area contributed by atoms with E-state index in [9.17, 15) is 0 Å². The van der Waals surface area contributed by atoms with Gasteiger partial charge in [0, 0.05) is 48.4 Å². The molecule has 11 rings (SSSR count). The van der Waals surface area contributed by atoms with E-state index in [1.165, 1.54) is 20.2 Å². The van der Waals surface area contributed by atoms with Crippen LogP contribution in [0.2, 0.25) is 0 Å². The minimum atomic E-state index is 0.632. The second-order valence-corrected chi connectivity index (χ2v) is 13.8. The number of nitrogens with zero attached hydrogens (tertiary/aromatic N) is 4. The van der Waals surface area contributed by atoms with Crippen molar-refractivity contribution < 1.29 is 4.42 Å². The Kier molecular flexibility index (Phi) is 5.34. The Morgan fingerprint density at radius 1 is 0.460 bits per heavy atom. The van der Waals surface area contributed by atoms with Crippen LogP contribution in [-0.2, 0) is 0 Å². The molecule has 0 saturated heterocycles. The van der Waals surface area contributed by atoms with Crippen LogP contribution in [0.15, 0.2) is 138 Å². The average Bonchev–Trinajstić information content (AvgIpc) is 3.91. The SMILES string of the molecule is [C-]#[N+]c1ccc2c(c1)c1ccccc1n2-c1ccc2oc3ccc(-n4c5ccc([N+]#[C-])cc5c5ccc6c7ccccc7sc6c54)cc3c2c1. The summed E-state index contributed by atoms with van der Waals surface area (Å²) in [5, 5.41) is 8.95. The zero-order valence-corrected chi connectivity index (χ0v) is 27.1. The van der Waals surface area contributed by atoms with Gasteiger partial charge in [0.2, 0.25) is 0 Å². The predicted molar refractivity (Wildman–Crippen MR) is 208 cm³/mol. The van der Waals surface area contributed by atoms with Gasteiger partial charge in [-0.3, -0.25) is 0 Å². The van der Waals surface area contributed by atoms with Crippen molar-refractivity contribution in [3.63, 3.8) is 0 Å². The Morgan fingerprint density at radius 2 is 1.04 bits per heavy atom. The molecule has 4 heterocycles. The molecule has 6 heteroatoms. The van der Waals surface area contributed by atoms with E-state index in [-0.39, 0.29) is 0 Å². The summed E-state index contributed by atoms with van der Waals surface area (Å²) in [4.78, 5) is 7.46. The number of hydrogen-bond acceptors (Lipinski definition) is 2. The molecule has 0 aliphatic heterocycles. The average molecular weight is 655 g/mol. The summed E-state index contributed by atoms with van der Waals surface area (Å²) in [6, 6.07) is 46.2. The Bertz CT molecular complexity index is 3360. The largest absolute Gasteiger partial charge is 0.456 e. The molecule has 0 unspecified atom stereocenters. The van der Waals surface area contributed by atoms with E-state index in [0.717, 1.165) is 76.9 Å². The highest BCUT2D eigenvalue weighted by molar-refractivity contribution is 7.26. The van der Waals surface area contributed by atoms with Crippen LogP contribution in [0.25, 0.3) is 107 Å². The van der Waals surface area contributed by atoms with Crippen molar-refractivity contribution in [2.24, 2.45) is 0 Å². The van der Waals surface area contributed by atoms with Crippen LogP contribution in [-0.4, -0.2) is 9.13 Å². The van der Waals surface area contributed by atoms with Crippen LogP contribution < -0.4 is 0 Å². The molecule has 11 aromatic rings. The summed E-state index contributed by atoms with van der Waals surface area (Å²) in [5.41, 5.74) is 9.35. The first-order valence-corrected chi connectivity index (χ1v) is 17.1. The molecule has 0 amide bonds. The summed E-state index contributed by atoms with van der Waals surface area (Å²) in [6.45, 7) is 15.3. The lowest BCUT2D eigenvalue weighted by Crippen LogP contribution is -1.94. The van der Waals surface area contributed by atoms with E-state index in [1.54, 1.807) is 0 Å². The molecule has 4 aromatic heterocycles. The Labute approximate surface area is 288 Å². The number of aromatic nitrogens is 2. The van der Waals surface area contributed by atoms with Crippen LogP contribution in [0, 0.1) is 13.1 Å². The van der Waals surface area contributed by atoms with Crippen molar-refractivity contribution in [3.05, 3.63) is 156 Å². The van der Waals surface area contributed by atoms with E-state index in [4.69, 9.17) is 17.6 Å². The molecule has 50 heavy (non-hydrogen) atoms. The quantitative estimate of drug-likeness (QED) is 0.171. The molecule has 0 spiro atoms. The number of rotatable bonds is 2. The molecule has 0 aliphatic rings. The predicted octanol–water partition coefficient (Wildman–Crippen LogP) is 13.2. The van der Waals surface area contributed by atoms with E-state index in [0.29, 0.717) is 11.4 Å². The van der Waals surface area contributed by atoms with Gasteiger partial charge in [-0.25, -0.2) is 9.69 Å². The van der Waals surface area contributed by atoms with E-state index < -0.39 is 0 Å². The number of thiophene rings is 1. The minimum absolute atomic E-state index is 0.632. The van der Waals surface area contributed by atoms with Crippen molar-refractivity contribution in [1.29, 1.82) is 0 Å². The van der Waals surface area contributed by atoms with Crippen molar-refractivity contribution in [1.82, 2.24) is 9.13 Å². The number of furan rings is 1. The topological polar surface area (TPSA) is 31.7 Å². The highest BCUT2D eigenvalue weighted by Crippen LogP contribution is 2.44. The Balaban J connectivity index is 1.20. The molecule has 0 atom stereocenters. The normalized spacial score (nSPS) is 12.0. The second kappa shape index (κ2) is 9.84. The van der Waals surface area contributed by atoms with Gasteiger partial charge in [-0.2, -0.15) is 0 Å². The molecule has 7 aromatic carbocycles. The molecule has 230 valence electrons. The number of hydrogen-bond donors (Lipinski definition) is 0. The highest BCUT2D eigenvalue weighted by atomic mass is 32.1. The Hall–Kier alpha value is -6.86. The van der Waals surface area contributed by atoms with Crippen molar-refractivity contribution >= 4 is 108 Å². The Morgan fingerprint density at radius 3 is 1.76 bits per heavy atom. The maximum Gasteiger partial charge on any atom is 0.188 e. The molecule has 0 radical (unpaired) electrons. The maximum absolute atomic E-state index is 7.72.